The number of rotatable bonds is 4. The lowest BCUT2D eigenvalue weighted by atomic mass is 10.0. The van der Waals surface area contributed by atoms with Crippen LogP contribution in [0, 0.1) is 6.92 Å². The third kappa shape index (κ3) is 3.10. The monoisotopic (exact) mass is 248 g/mol. The third-order valence-corrected chi connectivity index (χ3v) is 3.84. The van der Waals surface area contributed by atoms with Crippen LogP contribution in [-0.4, -0.2) is 30.7 Å². The van der Waals surface area contributed by atoms with Gasteiger partial charge in [0, 0.05) is 25.7 Å². The lowest BCUT2D eigenvalue weighted by molar-refractivity contribution is -0.0128. The molecule has 0 bridgehead atoms. The Morgan fingerprint density at radius 2 is 2.28 bits per heavy atom. The molecule has 0 aromatic heterocycles. The van der Waals surface area contributed by atoms with Crippen LogP contribution in [0.2, 0.25) is 0 Å². The van der Waals surface area contributed by atoms with Gasteiger partial charge >= 0.3 is 0 Å². The Morgan fingerprint density at radius 1 is 1.44 bits per heavy atom. The minimum atomic E-state index is 0.562. The number of ether oxygens (including phenoxy) is 1. The van der Waals surface area contributed by atoms with Gasteiger partial charge < -0.3 is 10.5 Å². The molecule has 100 valence electrons. The average Bonchev–Trinajstić information content (AvgIpc) is 2.41. The molecule has 0 radical (unpaired) electrons. The number of nitrogens with two attached hydrogens (primary N) is 1. The van der Waals surface area contributed by atoms with E-state index in [2.05, 4.69) is 36.9 Å². The van der Waals surface area contributed by atoms with Gasteiger partial charge in [0.2, 0.25) is 0 Å². The van der Waals surface area contributed by atoms with Gasteiger partial charge in [-0.05, 0) is 30.0 Å². The van der Waals surface area contributed by atoms with Crippen LogP contribution >= 0.6 is 0 Å². The molecule has 1 aliphatic rings. The van der Waals surface area contributed by atoms with E-state index in [-0.39, 0.29) is 0 Å². The summed E-state index contributed by atoms with van der Waals surface area (Å²) in [4.78, 5) is 2.54. The summed E-state index contributed by atoms with van der Waals surface area (Å²) in [6.45, 7) is 8.82. The first-order valence-electron chi connectivity index (χ1n) is 6.84. The van der Waals surface area contributed by atoms with E-state index in [9.17, 15) is 0 Å². The summed E-state index contributed by atoms with van der Waals surface area (Å²) in [6.07, 6.45) is 1.15. The molecule has 2 N–H and O–H groups in total. The maximum Gasteiger partial charge on any atom is 0.0622 e. The van der Waals surface area contributed by atoms with Crippen molar-refractivity contribution in [2.75, 3.05) is 19.8 Å². The summed E-state index contributed by atoms with van der Waals surface area (Å²) in [5.41, 5.74) is 9.64. The molecule has 1 atom stereocenters. The molecule has 3 nitrogen and oxygen atoms in total. The quantitative estimate of drug-likeness (QED) is 0.886. The molecule has 1 aromatic carbocycles. The zero-order valence-corrected chi connectivity index (χ0v) is 11.5. The zero-order valence-electron chi connectivity index (χ0n) is 11.5. The fraction of sp³-hybridized carbons (Fsp3) is 0.600. The first kappa shape index (κ1) is 13.5. The maximum absolute atomic E-state index is 5.67. The van der Waals surface area contributed by atoms with Crippen molar-refractivity contribution >= 4 is 0 Å². The van der Waals surface area contributed by atoms with Gasteiger partial charge in [-0.2, -0.15) is 0 Å². The lowest BCUT2D eigenvalue weighted by Crippen LogP contribution is -2.44. The fourth-order valence-electron chi connectivity index (χ4n) is 2.55. The van der Waals surface area contributed by atoms with Crippen molar-refractivity contribution in [1.82, 2.24) is 4.90 Å². The van der Waals surface area contributed by atoms with Crippen LogP contribution in [0.5, 0.6) is 0 Å². The molecule has 0 amide bonds. The van der Waals surface area contributed by atoms with E-state index in [0.717, 1.165) is 32.7 Å². The van der Waals surface area contributed by atoms with E-state index in [0.29, 0.717) is 12.6 Å². The van der Waals surface area contributed by atoms with Crippen LogP contribution in [0.15, 0.2) is 18.2 Å². The first-order valence-corrected chi connectivity index (χ1v) is 6.84. The van der Waals surface area contributed by atoms with Crippen molar-refractivity contribution in [2.45, 2.75) is 39.4 Å². The second-order valence-corrected chi connectivity index (χ2v) is 5.07. The highest BCUT2D eigenvalue weighted by atomic mass is 16.5. The maximum atomic E-state index is 5.67. The van der Waals surface area contributed by atoms with Crippen molar-refractivity contribution in [3.05, 3.63) is 34.9 Å². The van der Waals surface area contributed by atoms with Gasteiger partial charge in [-0.25, -0.2) is 0 Å². The minimum absolute atomic E-state index is 0.562. The van der Waals surface area contributed by atoms with Crippen molar-refractivity contribution in [1.29, 1.82) is 0 Å². The van der Waals surface area contributed by atoms with Crippen LogP contribution in [0.25, 0.3) is 0 Å². The van der Waals surface area contributed by atoms with Gasteiger partial charge in [0.25, 0.3) is 0 Å². The summed E-state index contributed by atoms with van der Waals surface area (Å²) >= 11 is 0. The summed E-state index contributed by atoms with van der Waals surface area (Å²) in [5, 5.41) is 0. The highest BCUT2D eigenvalue weighted by Crippen LogP contribution is 2.18. The number of nitrogens with zero attached hydrogens (tertiary/aromatic N) is 1. The van der Waals surface area contributed by atoms with Crippen molar-refractivity contribution in [3.8, 4) is 0 Å². The molecule has 1 aliphatic heterocycles. The summed E-state index contributed by atoms with van der Waals surface area (Å²) in [6, 6.07) is 7.13. The Labute approximate surface area is 110 Å². The number of morpholine rings is 1. The topological polar surface area (TPSA) is 38.5 Å². The summed E-state index contributed by atoms with van der Waals surface area (Å²) < 4.78 is 5.55. The Kier molecular flexibility index (Phi) is 4.75. The van der Waals surface area contributed by atoms with Gasteiger partial charge in [0.1, 0.15) is 0 Å². The molecule has 0 aliphatic carbocycles. The van der Waals surface area contributed by atoms with Gasteiger partial charge in [-0.15, -0.1) is 0 Å². The number of hydrogen-bond acceptors (Lipinski definition) is 3. The van der Waals surface area contributed by atoms with E-state index < -0.39 is 0 Å². The smallest absolute Gasteiger partial charge is 0.0622 e. The van der Waals surface area contributed by atoms with Crippen molar-refractivity contribution in [3.63, 3.8) is 0 Å². The molecule has 1 unspecified atom stereocenters. The largest absolute Gasteiger partial charge is 0.378 e. The van der Waals surface area contributed by atoms with E-state index >= 15 is 0 Å². The first-order chi connectivity index (χ1) is 8.74. The SMILES string of the molecule is CCC1COCCN1Cc1ccc(CN)cc1C. The van der Waals surface area contributed by atoms with Crippen LogP contribution < -0.4 is 5.73 Å². The molecule has 0 saturated carbocycles. The standard InChI is InChI=1S/C15H24N2O/c1-3-15-11-18-7-6-17(15)10-14-5-4-13(9-16)8-12(14)2/h4-5,8,15H,3,6-7,9-11,16H2,1-2H3. The molecule has 3 heteroatoms. The molecule has 2 rings (SSSR count). The Hall–Kier alpha value is -0.900. The van der Waals surface area contributed by atoms with Gasteiger partial charge in [0.05, 0.1) is 13.2 Å². The number of aryl methyl sites for hydroxylation is 1. The Bertz CT molecular complexity index is 392. The van der Waals surface area contributed by atoms with Crippen molar-refractivity contribution in [2.24, 2.45) is 5.73 Å². The van der Waals surface area contributed by atoms with Gasteiger partial charge in [-0.3, -0.25) is 4.90 Å². The fourth-order valence-corrected chi connectivity index (χ4v) is 2.55. The molecule has 1 aromatic rings. The van der Waals surface area contributed by atoms with E-state index in [1.54, 1.807) is 0 Å². The van der Waals surface area contributed by atoms with Crippen LogP contribution in [0.4, 0.5) is 0 Å². The van der Waals surface area contributed by atoms with Crippen LogP contribution in [0.1, 0.15) is 30.0 Å². The third-order valence-electron chi connectivity index (χ3n) is 3.84. The average molecular weight is 248 g/mol. The summed E-state index contributed by atoms with van der Waals surface area (Å²) in [5.74, 6) is 0. The number of benzene rings is 1. The highest BCUT2D eigenvalue weighted by Gasteiger charge is 2.21. The molecular formula is C15H24N2O. The second-order valence-electron chi connectivity index (χ2n) is 5.07. The normalized spacial score (nSPS) is 21.2. The van der Waals surface area contributed by atoms with Crippen LogP contribution in [0.3, 0.4) is 0 Å². The van der Waals surface area contributed by atoms with Crippen LogP contribution in [-0.2, 0) is 17.8 Å². The Balaban J connectivity index is 2.07. The Morgan fingerprint density at radius 3 is 2.94 bits per heavy atom. The molecular weight excluding hydrogens is 224 g/mol. The van der Waals surface area contributed by atoms with E-state index in [1.165, 1.54) is 16.7 Å². The summed E-state index contributed by atoms with van der Waals surface area (Å²) in [7, 11) is 0. The molecule has 1 saturated heterocycles. The predicted molar refractivity (Wildman–Crippen MR) is 74.4 cm³/mol. The van der Waals surface area contributed by atoms with Crippen molar-refractivity contribution < 1.29 is 4.74 Å². The van der Waals surface area contributed by atoms with E-state index in [1.807, 2.05) is 0 Å². The molecule has 1 fully saturated rings. The van der Waals surface area contributed by atoms with Gasteiger partial charge in [-0.1, -0.05) is 25.1 Å². The van der Waals surface area contributed by atoms with E-state index in [4.69, 9.17) is 10.5 Å². The second kappa shape index (κ2) is 6.32. The van der Waals surface area contributed by atoms with Gasteiger partial charge in [0.15, 0.2) is 0 Å². The highest BCUT2D eigenvalue weighted by molar-refractivity contribution is 5.31. The zero-order chi connectivity index (χ0) is 13.0. The number of hydrogen-bond donors (Lipinski definition) is 1. The molecule has 18 heavy (non-hydrogen) atoms. The molecule has 0 spiro atoms. The lowest BCUT2D eigenvalue weighted by Gasteiger charge is -2.35. The molecule has 1 heterocycles. The minimum Gasteiger partial charge on any atom is -0.378 e. The predicted octanol–water partition coefficient (Wildman–Crippen LogP) is 2.06.